The second-order valence-corrected chi connectivity index (χ2v) is 37.6. The van der Waals surface area contributed by atoms with Gasteiger partial charge in [0.1, 0.15) is 133 Å². The number of aliphatic carboxylic acids is 2. The zero-order valence-electron chi connectivity index (χ0n) is 69.2. The molecule has 3 unspecified atom stereocenters. The van der Waals surface area contributed by atoms with E-state index in [4.69, 9.17) is 71.4 Å². The van der Waals surface area contributed by atoms with Crippen molar-refractivity contribution in [2.24, 2.45) is 50.2 Å². The highest BCUT2D eigenvalue weighted by atomic mass is 16.8. The highest BCUT2D eigenvalue weighted by molar-refractivity contribution is 5.80. The standard InChI is InChI=1S/C81H129NO39/c1-35-59(115-68-58(102)60(39(88)31-109-68)116-73-65(103)80(107,33-86)34-110-73)53(97)56(100)69(111-35)119-63-51(95)48(82-46(90)16-14-12-10-8-9-11-13-15-17-47(91)92)40(28-83)112-71(63)121-74(106)81-25-24-75(2,3)26-37(81)36-18-19-43-76(4)22-21-45(77(5,32-85)42(76)20-23-78(43,6)79(36,7)27-44(81)89)114-72-64(120-70-55(99)52(96)50(94)41(29-84)113-70)61(57(101)62(118-72)66(104)105)117-67-54(98)49(93)38(87)30-108-67/h18,32,35,37-45,48-65,67-73,83-84,86-89,93-103,107H,8-17,19-31,33-34H2,1-7H3,(H,82,90)(H,91,92)(H,104,105)/t35-,37?,38+,39+,40+,41+,42?,43?,44+,45-,48-,49-,50-,51-,52-,53-,54+,55+,56+,57-,58+,59-,60-,61-,62-,63+,64+,65-,67-,68+,69-,70+,71-,72+,73+,76-,77-,78+,79+,80+,81+/m0/s1. The Hall–Kier alpha value is -3.95. The van der Waals surface area contributed by atoms with Crippen LogP contribution in [-0.2, 0) is 90.3 Å². The molecule has 0 aromatic heterocycles. The SMILES string of the molecule is C[C@@H]1O[C@@H](O[C@H]2[C@H](OC(=O)[C@]34CCC(C)(C)CC3C3=CCC5[C@@]6(C)CC[C@H](O[C@@H]7O[C@H](C(=O)O)[C@@H](O)[C@H](O[C@@H]8OC[C@@H](O)[C@H](O)[C@H]8O)[C@H]7O[C@H]7O[C@H](CO)[C@H](O)[C@H](O)[C@H]7O)[C@@](C)(C=O)C6CC[C@@]5(C)[C@]3(C)C[C@H]4O)O[C@H](CO)[C@H](NC(=O)CCCCCCCCCCC(=O)O)[C@@H]2O)[C@H](O)[C@H](O)[C@H]1O[C@H]1OC[C@@H](O)[C@H](O[C@H]2OC[C@](O)(CO)[C@H]2O)[C@H]1O. The lowest BCUT2D eigenvalue weighted by Crippen LogP contribution is -2.70. The molecule has 7 aliphatic heterocycles. The average Bonchev–Trinajstić information content (AvgIpc) is 0.961. The topological polar surface area (TPSA) is 631 Å². The van der Waals surface area contributed by atoms with Crippen molar-refractivity contribution in [1.82, 2.24) is 5.32 Å². The van der Waals surface area contributed by atoms with E-state index in [1.807, 2.05) is 13.8 Å². The third-order valence-electron chi connectivity index (χ3n) is 29.5. The number of aldehydes is 1. The van der Waals surface area contributed by atoms with Crippen LogP contribution in [0.25, 0.3) is 0 Å². The first-order valence-electron chi connectivity index (χ1n) is 42.6. The zero-order chi connectivity index (χ0) is 88.3. The third-order valence-corrected chi connectivity index (χ3v) is 29.5. The van der Waals surface area contributed by atoms with Crippen LogP contribution in [0.1, 0.15) is 170 Å². The van der Waals surface area contributed by atoms with Crippen molar-refractivity contribution in [3.63, 3.8) is 0 Å². The molecule has 0 aromatic carbocycles. The fraction of sp³-hybridized carbons (Fsp3) is 0.914. The van der Waals surface area contributed by atoms with Crippen molar-refractivity contribution in [1.29, 1.82) is 0 Å². The number of aliphatic hydroxyl groups excluding tert-OH is 17. The Labute approximate surface area is 699 Å². The number of esters is 1. The van der Waals surface area contributed by atoms with Crippen molar-refractivity contribution >= 4 is 30.1 Å². The van der Waals surface area contributed by atoms with Gasteiger partial charge in [0.05, 0.1) is 69.4 Å². The first-order chi connectivity index (χ1) is 57.0. The van der Waals surface area contributed by atoms with Gasteiger partial charge in [-0.05, 0) is 117 Å². The average molecular weight is 1740 g/mol. The van der Waals surface area contributed by atoms with Crippen LogP contribution in [0.3, 0.4) is 0 Å². The zero-order valence-corrected chi connectivity index (χ0v) is 69.2. The minimum absolute atomic E-state index is 0.0200. The molecule has 12 rings (SSSR count). The van der Waals surface area contributed by atoms with E-state index < -0.39 is 310 Å². The third kappa shape index (κ3) is 18.4. The van der Waals surface area contributed by atoms with Crippen LogP contribution in [0.4, 0.5) is 0 Å². The maximum absolute atomic E-state index is 16.2. The van der Waals surface area contributed by atoms with E-state index >= 15 is 4.79 Å². The number of carboxylic acid groups (broad SMARTS) is 2. The highest BCUT2D eigenvalue weighted by Crippen LogP contribution is 2.76. The van der Waals surface area contributed by atoms with E-state index in [9.17, 15) is 116 Å². The van der Waals surface area contributed by atoms with Crippen molar-refractivity contribution in [3.05, 3.63) is 11.6 Å². The number of amides is 1. The summed E-state index contributed by atoms with van der Waals surface area (Å²) >= 11 is 0. The quantitative estimate of drug-likeness (QED) is 0.0103. The molecule has 0 aromatic rings. The summed E-state index contributed by atoms with van der Waals surface area (Å²) in [6, 6.07) is -1.51. The number of allylic oxidation sites excluding steroid dienone is 2. The minimum Gasteiger partial charge on any atom is -0.481 e. The van der Waals surface area contributed by atoms with Gasteiger partial charge < -0.3 is 179 Å². The number of fused-ring (bicyclic) bond motifs is 7. The summed E-state index contributed by atoms with van der Waals surface area (Å²) in [4.78, 5) is 68.6. The molecule has 692 valence electrons. The summed E-state index contributed by atoms with van der Waals surface area (Å²) in [7, 11) is 0. The Kier molecular flexibility index (Phi) is 30.5. The Bertz CT molecular complexity index is 3550. The first-order valence-corrected chi connectivity index (χ1v) is 42.6. The number of carboxylic acids is 2. The number of carbonyl (C=O) groups excluding carboxylic acids is 3. The molecule has 40 heteroatoms. The molecule has 7 saturated heterocycles. The van der Waals surface area contributed by atoms with Crippen molar-refractivity contribution in [3.8, 4) is 0 Å². The normalized spacial score (nSPS) is 49.2. The molecule has 11 fully saturated rings. The lowest BCUT2D eigenvalue weighted by Gasteiger charge is -2.71. The monoisotopic (exact) mass is 1740 g/mol. The molecule has 7 heterocycles. The van der Waals surface area contributed by atoms with Crippen molar-refractivity contribution < 1.29 is 192 Å². The summed E-state index contributed by atoms with van der Waals surface area (Å²) in [6.45, 7) is 9.05. The summed E-state index contributed by atoms with van der Waals surface area (Å²) in [6.07, 6.45) is -46.0. The largest absolute Gasteiger partial charge is 0.481 e. The molecule has 12 aliphatic rings. The van der Waals surface area contributed by atoms with E-state index in [0.717, 1.165) is 44.0 Å². The molecule has 21 N–H and O–H groups in total. The van der Waals surface area contributed by atoms with Gasteiger partial charge in [0.15, 0.2) is 49.9 Å². The van der Waals surface area contributed by atoms with Gasteiger partial charge in [0.25, 0.3) is 0 Å². The molecule has 40 nitrogen and oxygen atoms in total. The van der Waals surface area contributed by atoms with E-state index in [2.05, 4.69) is 32.2 Å². The van der Waals surface area contributed by atoms with E-state index in [0.29, 0.717) is 57.8 Å². The van der Waals surface area contributed by atoms with Crippen LogP contribution < -0.4 is 5.32 Å². The number of ether oxygens (including phenoxy) is 14. The summed E-state index contributed by atoms with van der Waals surface area (Å²) in [5.41, 5.74) is -7.38. The Morgan fingerprint density at radius 1 is 0.529 bits per heavy atom. The van der Waals surface area contributed by atoms with Gasteiger partial charge in [-0.2, -0.15) is 0 Å². The molecule has 41 atom stereocenters. The van der Waals surface area contributed by atoms with Crippen LogP contribution >= 0.6 is 0 Å². The predicted molar refractivity (Wildman–Crippen MR) is 403 cm³/mol. The number of carbonyl (C=O) groups is 5. The predicted octanol–water partition coefficient (Wildman–Crippen LogP) is -4.26. The second kappa shape index (κ2) is 38.4. The second-order valence-electron chi connectivity index (χ2n) is 37.6. The molecule has 0 radical (unpaired) electrons. The summed E-state index contributed by atoms with van der Waals surface area (Å²) in [5.74, 6) is -5.73. The molecular weight excluding hydrogens is 1610 g/mol. The Balaban J connectivity index is 0.797. The highest BCUT2D eigenvalue weighted by Gasteiger charge is 2.73. The number of rotatable bonds is 31. The molecule has 1 amide bonds. The van der Waals surface area contributed by atoms with Gasteiger partial charge in [0, 0.05) is 12.8 Å². The van der Waals surface area contributed by atoms with Crippen molar-refractivity contribution in [2.45, 2.75) is 373 Å². The van der Waals surface area contributed by atoms with Crippen LogP contribution in [-0.4, -0.2) is 374 Å². The van der Waals surface area contributed by atoms with Crippen LogP contribution in [0.15, 0.2) is 11.6 Å². The number of unbranched alkanes of at least 4 members (excludes halogenated alkanes) is 7. The van der Waals surface area contributed by atoms with Crippen molar-refractivity contribution in [2.75, 3.05) is 39.6 Å². The molecule has 0 spiro atoms. The number of nitrogens with one attached hydrogen (secondary N) is 1. The Morgan fingerprint density at radius 2 is 1.12 bits per heavy atom. The van der Waals surface area contributed by atoms with E-state index in [1.54, 1.807) is 6.92 Å². The molecule has 4 saturated carbocycles. The van der Waals surface area contributed by atoms with E-state index in [1.165, 1.54) is 6.92 Å². The number of hydrogen-bond donors (Lipinski definition) is 21. The van der Waals surface area contributed by atoms with Crippen LogP contribution in [0.5, 0.6) is 0 Å². The number of hydrogen-bond acceptors (Lipinski definition) is 37. The van der Waals surface area contributed by atoms with Gasteiger partial charge in [-0.1, -0.05) is 91.7 Å². The lowest BCUT2D eigenvalue weighted by atomic mass is 9.33. The maximum Gasteiger partial charge on any atom is 0.335 e. The first kappa shape index (κ1) is 96.1. The van der Waals surface area contributed by atoms with Gasteiger partial charge in [0.2, 0.25) is 12.2 Å². The fourth-order valence-corrected chi connectivity index (χ4v) is 22.1. The lowest BCUT2D eigenvalue weighted by molar-refractivity contribution is -0.391. The smallest absolute Gasteiger partial charge is 0.335 e. The summed E-state index contributed by atoms with van der Waals surface area (Å²) < 4.78 is 84.7. The van der Waals surface area contributed by atoms with Gasteiger partial charge in [-0.25, -0.2) is 4.79 Å². The molecule has 0 bridgehead atoms. The molecular formula is C81H129NO39. The van der Waals surface area contributed by atoms with E-state index in [-0.39, 0.29) is 38.0 Å². The fourth-order valence-electron chi connectivity index (χ4n) is 22.1. The van der Waals surface area contributed by atoms with Crippen LogP contribution in [0.2, 0.25) is 0 Å². The van der Waals surface area contributed by atoms with Gasteiger partial charge in [-0.15, -0.1) is 0 Å². The van der Waals surface area contributed by atoms with Gasteiger partial charge >= 0.3 is 17.9 Å². The Morgan fingerprint density at radius 3 is 1.75 bits per heavy atom. The van der Waals surface area contributed by atoms with Crippen LogP contribution in [0, 0.1) is 50.2 Å². The summed E-state index contributed by atoms with van der Waals surface area (Å²) in [5, 5.41) is 224. The van der Waals surface area contributed by atoms with Gasteiger partial charge in [-0.3, -0.25) is 14.4 Å². The maximum atomic E-state index is 16.2. The molecule has 5 aliphatic carbocycles. The molecule has 121 heavy (non-hydrogen) atoms. The number of aliphatic hydroxyl groups is 18. The minimum atomic E-state index is -2.24.